The number of nitrogens with zero attached hydrogens (tertiary/aromatic N) is 1. The van der Waals surface area contributed by atoms with Crippen LogP contribution in [0.2, 0.25) is 0 Å². The Hall–Kier alpha value is -2.09. The van der Waals surface area contributed by atoms with Crippen LogP contribution < -0.4 is 4.74 Å². The summed E-state index contributed by atoms with van der Waals surface area (Å²) < 4.78 is 5.82. The maximum absolute atomic E-state index is 5.82. The fraction of sp³-hybridized carbons (Fsp3) is 0.350. The van der Waals surface area contributed by atoms with Gasteiger partial charge in [-0.2, -0.15) is 0 Å². The molecule has 1 fully saturated rings. The molecule has 0 spiro atoms. The maximum Gasteiger partial charge on any atom is 0.127 e. The van der Waals surface area contributed by atoms with Crippen LogP contribution in [-0.2, 0) is 0 Å². The van der Waals surface area contributed by atoms with Crippen LogP contribution >= 0.6 is 0 Å². The van der Waals surface area contributed by atoms with Gasteiger partial charge >= 0.3 is 0 Å². The summed E-state index contributed by atoms with van der Waals surface area (Å²) in [5.41, 5.74) is 2.37. The molecule has 2 nitrogen and oxygen atoms in total. The van der Waals surface area contributed by atoms with E-state index in [1.165, 1.54) is 25.0 Å². The highest BCUT2D eigenvalue weighted by Crippen LogP contribution is 2.30. The summed E-state index contributed by atoms with van der Waals surface area (Å²) >= 11 is 0. The smallest absolute Gasteiger partial charge is 0.127 e. The second kappa shape index (κ2) is 6.78. The number of ether oxygens (including phenoxy) is 1. The SMILES string of the molecule is CC1CCCC(C)C1=Nc1ccc(Oc2ccccc2)cc1. The summed E-state index contributed by atoms with van der Waals surface area (Å²) in [4.78, 5) is 4.89. The molecule has 0 bridgehead atoms. The van der Waals surface area contributed by atoms with Crippen LogP contribution in [-0.4, -0.2) is 5.71 Å². The van der Waals surface area contributed by atoms with Crippen molar-refractivity contribution < 1.29 is 4.74 Å². The van der Waals surface area contributed by atoms with Crippen molar-refractivity contribution >= 4 is 11.4 Å². The Morgan fingerprint density at radius 2 is 1.41 bits per heavy atom. The summed E-state index contributed by atoms with van der Waals surface area (Å²) in [5, 5.41) is 0. The second-order valence-electron chi connectivity index (χ2n) is 6.18. The lowest BCUT2D eigenvalue weighted by molar-refractivity contribution is 0.482. The standard InChI is InChI=1S/C20H23NO/c1-15-7-6-8-16(2)20(15)21-17-11-13-19(14-12-17)22-18-9-4-3-5-10-18/h3-5,9-16H,6-8H2,1-2H3. The van der Waals surface area contributed by atoms with E-state index in [2.05, 4.69) is 13.8 Å². The molecule has 0 aromatic heterocycles. The van der Waals surface area contributed by atoms with E-state index in [1.54, 1.807) is 0 Å². The molecule has 2 heteroatoms. The summed E-state index contributed by atoms with van der Waals surface area (Å²) in [5.74, 6) is 2.91. The monoisotopic (exact) mass is 293 g/mol. The molecule has 1 aliphatic rings. The first-order valence-electron chi connectivity index (χ1n) is 8.14. The van der Waals surface area contributed by atoms with Gasteiger partial charge in [0.25, 0.3) is 0 Å². The van der Waals surface area contributed by atoms with Gasteiger partial charge in [0.2, 0.25) is 0 Å². The van der Waals surface area contributed by atoms with Crippen molar-refractivity contribution in [2.24, 2.45) is 16.8 Å². The van der Waals surface area contributed by atoms with Crippen LogP contribution in [0.1, 0.15) is 33.1 Å². The van der Waals surface area contributed by atoms with Gasteiger partial charge in [-0.1, -0.05) is 38.5 Å². The van der Waals surface area contributed by atoms with Gasteiger partial charge in [-0.25, -0.2) is 0 Å². The molecule has 1 saturated carbocycles. The zero-order chi connectivity index (χ0) is 15.4. The fourth-order valence-corrected chi connectivity index (χ4v) is 3.09. The normalized spacial score (nSPS) is 21.5. The van der Waals surface area contributed by atoms with Gasteiger partial charge in [0.15, 0.2) is 0 Å². The first kappa shape index (κ1) is 14.8. The molecule has 2 aromatic carbocycles. The van der Waals surface area contributed by atoms with Crippen molar-refractivity contribution in [1.82, 2.24) is 0 Å². The zero-order valence-corrected chi connectivity index (χ0v) is 13.3. The highest BCUT2D eigenvalue weighted by molar-refractivity contribution is 5.91. The Labute approximate surface area is 132 Å². The van der Waals surface area contributed by atoms with Gasteiger partial charge in [0.1, 0.15) is 11.5 Å². The van der Waals surface area contributed by atoms with Crippen LogP contribution in [0, 0.1) is 11.8 Å². The van der Waals surface area contributed by atoms with E-state index < -0.39 is 0 Å². The van der Waals surface area contributed by atoms with E-state index in [-0.39, 0.29) is 0 Å². The molecule has 0 aliphatic heterocycles. The first-order chi connectivity index (χ1) is 10.7. The molecule has 22 heavy (non-hydrogen) atoms. The molecule has 2 atom stereocenters. The van der Waals surface area contributed by atoms with Crippen LogP contribution in [0.15, 0.2) is 59.6 Å². The minimum absolute atomic E-state index is 0.601. The molecule has 2 aromatic rings. The third kappa shape index (κ3) is 3.56. The highest BCUT2D eigenvalue weighted by Gasteiger charge is 2.22. The number of benzene rings is 2. The molecule has 0 amide bonds. The highest BCUT2D eigenvalue weighted by atomic mass is 16.5. The molecule has 3 rings (SSSR count). The molecule has 2 unspecified atom stereocenters. The van der Waals surface area contributed by atoms with E-state index >= 15 is 0 Å². The summed E-state index contributed by atoms with van der Waals surface area (Å²) in [6, 6.07) is 17.9. The van der Waals surface area contributed by atoms with Gasteiger partial charge < -0.3 is 4.74 Å². The Kier molecular flexibility index (Phi) is 4.57. The third-order valence-electron chi connectivity index (χ3n) is 4.36. The van der Waals surface area contributed by atoms with E-state index in [9.17, 15) is 0 Å². The number of para-hydroxylation sites is 1. The van der Waals surface area contributed by atoms with Gasteiger partial charge in [-0.05, 0) is 61.1 Å². The predicted octanol–water partition coefficient (Wildman–Crippen LogP) is 6.01. The molecule has 0 radical (unpaired) electrons. The fourth-order valence-electron chi connectivity index (χ4n) is 3.09. The van der Waals surface area contributed by atoms with E-state index in [0.717, 1.165) is 17.2 Å². The predicted molar refractivity (Wildman–Crippen MR) is 92.2 cm³/mol. The van der Waals surface area contributed by atoms with Crippen LogP contribution in [0.5, 0.6) is 11.5 Å². The number of hydrogen-bond acceptors (Lipinski definition) is 2. The van der Waals surface area contributed by atoms with Crippen LogP contribution in [0.25, 0.3) is 0 Å². The van der Waals surface area contributed by atoms with Gasteiger partial charge in [-0.15, -0.1) is 0 Å². The molecule has 1 aliphatic carbocycles. The van der Waals surface area contributed by atoms with Gasteiger partial charge in [0.05, 0.1) is 5.69 Å². The zero-order valence-electron chi connectivity index (χ0n) is 13.3. The molecule has 0 heterocycles. The molecule has 0 N–H and O–H groups in total. The Bertz CT molecular complexity index is 619. The molecular formula is C20H23NO. The van der Waals surface area contributed by atoms with E-state index in [4.69, 9.17) is 9.73 Å². The van der Waals surface area contributed by atoms with Crippen molar-refractivity contribution in [3.05, 3.63) is 54.6 Å². The Balaban J connectivity index is 1.74. The number of rotatable bonds is 3. The number of aliphatic imine (C=N–C) groups is 1. The Morgan fingerprint density at radius 3 is 2.05 bits per heavy atom. The average molecular weight is 293 g/mol. The van der Waals surface area contributed by atoms with Crippen molar-refractivity contribution in [2.45, 2.75) is 33.1 Å². The van der Waals surface area contributed by atoms with Gasteiger partial charge in [-0.3, -0.25) is 4.99 Å². The summed E-state index contributed by atoms with van der Waals surface area (Å²) in [7, 11) is 0. The first-order valence-corrected chi connectivity index (χ1v) is 8.14. The average Bonchev–Trinajstić information content (AvgIpc) is 2.54. The van der Waals surface area contributed by atoms with Gasteiger partial charge in [0, 0.05) is 5.71 Å². The summed E-state index contributed by atoms with van der Waals surface area (Å²) in [6.07, 6.45) is 3.85. The summed E-state index contributed by atoms with van der Waals surface area (Å²) in [6.45, 7) is 4.59. The molecule has 114 valence electrons. The van der Waals surface area contributed by atoms with E-state index in [1.807, 2.05) is 54.6 Å². The lowest BCUT2D eigenvalue weighted by Gasteiger charge is -2.26. The van der Waals surface area contributed by atoms with Crippen LogP contribution in [0.4, 0.5) is 5.69 Å². The minimum atomic E-state index is 0.601. The lowest BCUT2D eigenvalue weighted by Crippen LogP contribution is -2.24. The lowest BCUT2D eigenvalue weighted by atomic mass is 9.81. The maximum atomic E-state index is 5.82. The number of hydrogen-bond donors (Lipinski definition) is 0. The van der Waals surface area contributed by atoms with Crippen molar-refractivity contribution in [3.8, 4) is 11.5 Å². The third-order valence-corrected chi connectivity index (χ3v) is 4.36. The largest absolute Gasteiger partial charge is 0.457 e. The van der Waals surface area contributed by atoms with E-state index in [0.29, 0.717) is 11.8 Å². The second-order valence-corrected chi connectivity index (χ2v) is 6.18. The molecular weight excluding hydrogens is 270 g/mol. The quantitative estimate of drug-likeness (QED) is 0.679. The van der Waals surface area contributed by atoms with Crippen molar-refractivity contribution in [3.63, 3.8) is 0 Å². The molecule has 0 saturated heterocycles. The van der Waals surface area contributed by atoms with Crippen molar-refractivity contribution in [2.75, 3.05) is 0 Å². The van der Waals surface area contributed by atoms with Crippen molar-refractivity contribution in [1.29, 1.82) is 0 Å². The Morgan fingerprint density at radius 1 is 0.818 bits per heavy atom. The minimum Gasteiger partial charge on any atom is -0.457 e. The van der Waals surface area contributed by atoms with Crippen LogP contribution in [0.3, 0.4) is 0 Å². The topological polar surface area (TPSA) is 21.6 Å².